The lowest BCUT2D eigenvalue weighted by molar-refractivity contribution is -0.160. The highest BCUT2D eigenvalue weighted by Crippen LogP contribution is 2.41. The first-order chi connectivity index (χ1) is 11.5. The van der Waals surface area contributed by atoms with Crippen LogP contribution in [0.15, 0.2) is 15.8 Å². The molecule has 1 aromatic rings. The van der Waals surface area contributed by atoms with Crippen molar-refractivity contribution in [3.8, 4) is 0 Å². The maximum Gasteiger partial charge on any atom is 0.330 e. The molecule has 138 valence electrons. The van der Waals surface area contributed by atoms with E-state index in [0.29, 0.717) is 10.8 Å². The average molecular weight is 362 g/mol. The Bertz CT molecular complexity index is 820. The molecular formula is C14H16F2N2O7. The van der Waals surface area contributed by atoms with Crippen molar-refractivity contribution in [2.24, 2.45) is 0 Å². The topological polar surface area (TPSA) is 139 Å². The molecule has 1 aliphatic rings. The number of aliphatic hydroxyl groups is 2. The highest BCUT2D eigenvalue weighted by molar-refractivity contribution is 5.89. The Kier molecular flexibility index (Phi) is 5.02. The van der Waals surface area contributed by atoms with Gasteiger partial charge >= 0.3 is 5.69 Å². The molecule has 0 spiro atoms. The SMILES string of the molecule is CC(=O)C(O)[C@H]1O[C@@H](n2cc(CF)c(=O)[nH]c2=O)[C@H](F)[C@@]1(O)C(C)=O. The number of halogens is 2. The van der Waals surface area contributed by atoms with Crippen molar-refractivity contribution in [2.45, 2.75) is 50.7 Å². The van der Waals surface area contributed by atoms with Crippen LogP contribution in [0.2, 0.25) is 0 Å². The van der Waals surface area contributed by atoms with Crippen LogP contribution in [0.25, 0.3) is 0 Å². The molecule has 5 atom stereocenters. The lowest BCUT2D eigenvalue weighted by Crippen LogP contribution is -2.57. The minimum absolute atomic E-state index is 0.446. The van der Waals surface area contributed by atoms with E-state index in [1.54, 1.807) is 4.98 Å². The maximum absolute atomic E-state index is 14.8. The fraction of sp³-hybridized carbons (Fsp3) is 0.571. The minimum Gasteiger partial charge on any atom is -0.382 e. The van der Waals surface area contributed by atoms with E-state index in [1.807, 2.05) is 0 Å². The monoisotopic (exact) mass is 362 g/mol. The van der Waals surface area contributed by atoms with Crippen LogP contribution in [-0.4, -0.2) is 55.3 Å². The smallest absolute Gasteiger partial charge is 0.330 e. The van der Waals surface area contributed by atoms with Crippen LogP contribution in [-0.2, 0) is 21.0 Å². The zero-order valence-electron chi connectivity index (χ0n) is 13.2. The maximum atomic E-state index is 14.8. The second kappa shape index (κ2) is 6.58. The third kappa shape index (κ3) is 2.94. The standard InChI is InChI=1S/C14H16F2N2O7/c1-5(19)8(21)10-14(24,6(2)20)9(16)12(25-10)18-4-7(3-15)11(22)17-13(18)23/h4,8-10,12,21,24H,3H2,1-2H3,(H,17,22,23)/t8?,9-,10+,12+,14-/m0/s1. The fourth-order valence-electron chi connectivity index (χ4n) is 2.64. The predicted molar refractivity (Wildman–Crippen MR) is 77.3 cm³/mol. The molecule has 1 fully saturated rings. The van der Waals surface area contributed by atoms with Gasteiger partial charge in [0.1, 0.15) is 18.9 Å². The molecule has 9 nitrogen and oxygen atoms in total. The van der Waals surface area contributed by atoms with Crippen LogP contribution >= 0.6 is 0 Å². The van der Waals surface area contributed by atoms with E-state index in [1.165, 1.54) is 0 Å². The van der Waals surface area contributed by atoms with E-state index in [2.05, 4.69) is 0 Å². The van der Waals surface area contributed by atoms with Gasteiger partial charge in [0, 0.05) is 6.20 Å². The molecular weight excluding hydrogens is 346 g/mol. The van der Waals surface area contributed by atoms with Crippen molar-refractivity contribution in [1.29, 1.82) is 0 Å². The summed E-state index contributed by atoms with van der Waals surface area (Å²) in [4.78, 5) is 48.1. The summed E-state index contributed by atoms with van der Waals surface area (Å²) < 4.78 is 33.1. The second-order valence-electron chi connectivity index (χ2n) is 5.74. The molecule has 2 heterocycles. The highest BCUT2D eigenvalue weighted by atomic mass is 19.1. The van der Waals surface area contributed by atoms with Gasteiger partial charge in [0.15, 0.2) is 29.6 Å². The number of nitrogens with zero attached hydrogens (tertiary/aromatic N) is 1. The summed E-state index contributed by atoms with van der Waals surface area (Å²) in [6.07, 6.45) is -7.89. The van der Waals surface area contributed by atoms with Gasteiger partial charge in [-0.15, -0.1) is 0 Å². The summed E-state index contributed by atoms with van der Waals surface area (Å²) >= 11 is 0. The Morgan fingerprint density at radius 2 is 2.04 bits per heavy atom. The van der Waals surface area contributed by atoms with Gasteiger partial charge in [-0.25, -0.2) is 13.6 Å². The number of hydrogen-bond acceptors (Lipinski definition) is 7. The molecule has 1 saturated heterocycles. The van der Waals surface area contributed by atoms with Gasteiger partial charge in [0.05, 0.1) is 5.56 Å². The fourth-order valence-corrected chi connectivity index (χ4v) is 2.64. The molecule has 1 aliphatic heterocycles. The molecule has 25 heavy (non-hydrogen) atoms. The summed E-state index contributed by atoms with van der Waals surface area (Å²) in [5.74, 6) is -2.05. The van der Waals surface area contributed by atoms with Crippen LogP contribution in [0.3, 0.4) is 0 Å². The van der Waals surface area contributed by atoms with Crippen molar-refractivity contribution in [2.75, 3.05) is 0 Å². The number of aromatic amines is 1. The molecule has 3 N–H and O–H groups in total. The van der Waals surface area contributed by atoms with E-state index in [0.717, 1.165) is 13.8 Å². The number of alkyl halides is 2. The molecule has 0 aromatic carbocycles. The lowest BCUT2D eigenvalue weighted by atomic mass is 9.85. The summed E-state index contributed by atoms with van der Waals surface area (Å²) in [5.41, 5.74) is -5.64. The zero-order chi connectivity index (χ0) is 19.1. The summed E-state index contributed by atoms with van der Waals surface area (Å²) in [6, 6.07) is 0. The molecule has 11 heteroatoms. The summed E-state index contributed by atoms with van der Waals surface area (Å²) in [6.45, 7) is 0.485. The number of aromatic nitrogens is 2. The number of H-pyrrole nitrogens is 1. The van der Waals surface area contributed by atoms with Gasteiger partial charge in [-0.05, 0) is 13.8 Å². The van der Waals surface area contributed by atoms with E-state index < -0.39 is 65.3 Å². The quantitative estimate of drug-likeness (QED) is 0.580. The molecule has 0 amide bonds. The van der Waals surface area contributed by atoms with Gasteiger partial charge in [-0.2, -0.15) is 0 Å². The van der Waals surface area contributed by atoms with Crippen LogP contribution in [0.4, 0.5) is 8.78 Å². The second-order valence-corrected chi connectivity index (χ2v) is 5.74. The number of carbonyl (C=O) groups excluding carboxylic acids is 2. The highest BCUT2D eigenvalue weighted by Gasteiger charge is 2.63. The van der Waals surface area contributed by atoms with Gasteiger partial charge < -0.3 is 14.9 Å². The first-order valence-corrected chi connectivity index (χ1v) is 7.17. The van der Waals surface area contributed by atoms with Gasteiger partial charge in [-0.3, -0.25) is 23.9 Å². The van der Waals surface area contributed by atoms with Crippen molar-refractivity contribution in [1.82, 2.24) is 9.55 Å². The van der Waals surface area contributed by atoms with Gasteiger partial charge in [0.25, 0.3) is 5.56 Å². The Morgan fingerprint density at radius 3 is 2.52 bits per heavy atom. The Balaban J connectivity index is 2.58. The number of ketones is 2. The van der Waals surface area contributed by atoms with E-state index in [4.69, 9.17) is 4.74 Å². The van der Waals surface area contributed by atoms with Crippen molar-refractivity contribution < 1.29 is 33.3 Å². The van der Waals surface area contributed by atoms with Crippen molar-refractivity contribution >= 4 is 11.6 Å². The minimum atomic E-state index is -2.92. The Morgan fingerprint density at radius 1 is 1.44 bits per heavy atom. The first kappa shape index (κ1) is 19.1. The van der Waals surface area contributed by atoms with Crippen LogP contribution in [0.1, 0.15) is 25.6 Å². The average Bonchev–Trinajstić information content (AvgIpc) is 2.80. The number of Topliss-reactive ketones (excluding diaryl/α,β-unsaturated/α-hetero) is 2. The summed E-state index contributed by atoms with van der Waals surface area (Å²) in [7, 11) is 0. The van der Waals surface area contributed by atoms with E-state index in [9.17, 15) is 38.2 Å². The molecule has 0 saturated carbocycles. The molecule has 0 aliphatic carbocycles. The number of aliphatic hydroxyl groups excluding tert-OH is 1. The number of hydrogen-bond donors (Lipinski definition) is 3. The summed E-state index contributed by atoms with van der Waals surface area (Å²) in [5, 5.41) is 20.2. The lowest BCUT2D eigenvalue weighted by Gasteiger charge is -2.28. The number of nitrogens with one attached hydrogen (secondary N) is 1. The molecule has 2 rings (SSSR count). The van der Waals surface area contributed by atoms with E-state index in [-0.39, 0.29) is 0 Å². The first-order valence-electron chi connectivity index (χ1n) is 7.17. The Hall–Kier alpha value is -2.24. The van der Waals surface area contributed by atoms with Gasteiger partial charge in [0.2, 0.25) is 0 Å². The molecule has 1 aromatic heterocycles. The van der Waals surface area contributed by atoms with Crippen LogP contribution < -0.4 is 11.2 Å². The third-order valence-corrected chi connectivity index (χ3v) is 4.12. The number of ether oxygens (including phenoxy) is 1. The zero-order valence-corrected chi connectivity index (χ0v) is 13.2. The third-order valence-electron chi connectivity index (χ3n) is 4.12. The number of carbonyl (C=O) groups is 2. The predicted octanol–water partition coefficient (Wildman–Crippen LogP) is -1.49. The van der Waals surface area contributed by atoms with Gasteiger partial charge in [-0.1, -0.05) is 0 Å². The molecule has 0 bridgehead atoms. The van der Waals surface area contributed by atoms with Crippen LogP contribution in [0, 0.1) is 0 Å². The van der Waals surface area contributed by atoms with Crippen molar-refractivity contribution in [3.63, 3.8) is 0 Å². The number of rotatable bonds is 5. The largest absolute Gasteiger partial charge is 0.382 e. The normalized spacial score (nSPS) is 30.2. The Labute approximate surface area is 138 Å². The van der Waals surface area contributed by atoms with Crippen molar-refractivity contribution in [3.05, 3.63) is 32.6 Å². The molecule has 0 radical (unpaired) electrons. The molecule has 1 unspecified atom stereocenters. The van der Waals surface area contributed by atoms with Crippen LogP contribution in [0.5, 0.6) is 0 Å². The van der Waals surface area contributed by atoms with E-state index >= 15 is 0 Å².